The molecule has 0 bridgehead atoms. The minimum atomic E-state index is 0.188. The number of ether oxygens (including phenoxy) is 1. The molecule has 0 aliphatic heterocycles. The molecule has 2 nitrogen and oxygen atoms in total. The topological polar surface area (TPSA) is 35.2 Å². The molecule has 0 saturated heterocycles. The molecule has 0 aliphatic rings. The maximum absolute atomic E-state index is 6.00. The number of hydrogen-bond acceptors (Lipinski definition) is 2. The predicted octanol–water partition coefficient (Wildman–Crippen LogP) is 3.54. The number of methoxy groups -OCH3 is 1. The summed E-state index contributed by atoms with van der Waals surface area (Å²) in [6.45, 7) is 2.73. The zero-order chi connectivity index (χ0) is 12.8. The third-order valence-corrected chi connectivity index (χ3v) is 3.79. The molecule has 4 heteroatoms. The van der Waals surface area contributed by atoms with Gasteiger partial charge in [-0.25, -0.2) is 0 Å². The van der Waals surface area contributed by atoms with E-state index >= 15 is 0 Å². The van der Waals surface area contributed by atoms with Crippen LogP contribution in [0.1, 0.15) is 18.9 Å². The first-order valence-corrected chi connectivity index (χ1v) is 6.50. The van der Waals surface area contributed by atoms with E-state index in [1.165, 1.54) is 5.56 Å². The first-order valence-electron chi connectivity index (χ1n) is 5.75. The van der Waals surface area contributed by atoms with Crippen molar-refractivity contribution in [2.75, 3.05) is 13.7 Å². The Hall–Kier alpha value is -0.280. The number of benzene rings is 1. The molecule has 1 rings (SSSR count). The van der Waals surface area contributed by atoms with Gasteiger partial charge in [-0.2, -0.15) is 0 Å². The Morgan fingerprint density at radius 3 is 2.53 bits per heavy atom. The molecule has 0 radical (unpaired) electrons. The van der Waals surface area contributed by atoms with Crippen molar-refractivity contribution >= 4 is 23.2 Å². The van der Waals surface area contributed by atoms with Crippen LogP contribution in [0.4, 0.5) is 0 Å². The van der Waals surface area contributed by atoms with Gasteiger partial charge in [-0.05, 0) is 49.9 Å². The van der Waals surface area contributed by atoms with Crippen molar-refractivity contribution < 1.29 is 4.74 Å². The highest BCUT2D eigenvalue weighted by molar-refractivity contribution is 6.42. The zero-order valence-electron chi connectivity index (χ0n) is 10.2. The maximum Gasteiger partial charge on any atom is 0.0595 e. The van der Waals surface area contributed by atoms with Gasteiger partial charge < -0.3 is 10.5 Å². The van der Waals surface area contributed by atoms with Gasteiger partial charge in [0.15, 0.2) is 0 Å². The van der Waals surface area contributed by atoms with Gasteiger partial charge in [0.25, 0.3) is 0 Å². The van der Waals surface area contributed by atoms with E-state index < -0.39 is 0 Å². The number of hydrogen-bond donors (Lipinski definition) is 1. The molecule has 1 aromatic rings. The minimum Gasteiger partial charge on any atom is -0.381 e. The van der Waals surface area contributed by atoms with E-state index in [1.54, 1.807) is 7.11 Å². The number of halogens is 2. The molecule has 0 fully saturated rings. The molecule has 0 spiro atoms. The second-order valence-corrected chi connectivity index (χ2v) is 5.05. The summed E-state index contributed by atoms with van der Waals surface area (Å²) in [5.74, 6) is 0.405. The molecule has 0 heterocycles. The minimum absolute atomic E-state index is 0.188. The molecule has 0 aromatic heterocycles. The lowest BCUT2D eigenvalue weighted by Gasteiger charge is -2.22. The zero-order valence-corrected chi connectivity index (χ0v) is 11.8. The second kappa shape index (κ2) is 7.22. The summed E-state index contributed by atoms with van der Waals surface area (Å²) >= 11 is 11.9. The fourth-order valence-electron chi connectivity index (χ4n) is 1.88. The average Bonchev–Trinajstić information content (AvgIpc) is 2.32. The van der Waals surface area contributed by atoms with E-state index in [9.17, 15) is 0 Å². The van der Waals surface area contributed by atoms with E-state index in [2.05, 4.69) is 6.92 Å². The van der Waals surface area contributed by atoms with Crippen molar-refractivity contribution in [3.8, 4) is 0 Å². The van der Waals surface area contributed by atoms with E-state index in [1.807, 2.05) is 18.2 Å². The highest BCUT2D eigenvalue weighted by Gasteiger charge is 2.17. The first kappa shape index (κ1) is 14.8. The van der Waals surface area contributed by atoms with Crippen LogP contribution in [-0.4, -0.2) is 19.8 Å². The normalized spacial score (nSPS) is 14.6. The smallest absolute Gasteiger partial charge is 0.0595 e. The summed E-state index contributed by atoms with van der Waals surface area (Å²) in [4.78, 5) is 0. The van der Waals surface area contributed by atoms with E-state index in [0.717, 1.165) is 12.8 Å². The van der Waals surface area contributed by atoms with E-state index in [0.29, 0.717) is 22.5 Å². The summed E-state index contributed by atoms with van der Waals surface area (Å²) in [5, 5.41) is 1.19. The van der Waals surface area contributed by atoms with Crippen LogP contribution in [-0.2, 0) is 11.2 Å². The predicted molar refractivity (Wildman–Crippen MR) is 73.8 cm³/mol. The van der Waals surface area contributed by atoms with E-state index in [-0.39, 0.29) is 6.10 Å². The number of rotatable bonds is 6. The van der Waals surface area contributed by atoms with Crippen LogP contribution >= 0.6 is 23.2 Å². The van der Waals surface area contributed by atoms with Gasteiger partial charge in [-0.3, -0.25) is 0 Å². The van der Waals surface area contributed by atoms with Crippen LogP contribution in [0.2, 0.25) is 10.0 Å². The summed E-state index contributed by atoms with van der Waals surface area (Å²) < 4.78 is 5.38. The van der Waals surface area contributed by atoms with Gasteiger partial charge in [0, 0.05) is 7.11 Å². The van der Waals surface area contributed by atoms with Gasteiger partial charge in [-0.1, -0.05) is 29.3 Å². The van der Waals surface area contributed by atoms with Crippen LogP contribution in [0, 0.1) is 5.92 Å². The summed E-state index contributed by atoms with van der Waals surface area (Å²) in [6.07, 6.45) is 2.03. The quantitative estimate of drug-likeness (QED) is 0.862. The Bertz CT molecular complexity index is 357. The van der Waals surface area contributed by atoms with Crippen LogP contribution in [0.25, 0.3) is 0 Å². The van der Waals surface area contributed by atoms with E-state index in [4.69, 9.17) is 33.7 Å². The van der Waals surface area contributed by atoms with Crippen molar-refractivity contribution in [1.29, 1.82) is 0 Å². The fourth-order valence-corrected chi connectivity index (χ4v) is 2.20. The highest BCUT2D eigenvalue weighted by Crippen LogP contribution is 2.25. The van der Waals surface area contributed by atoms with Gasteiger partial charge in [0.05, 0.1) is 16.1 Å². The van der Waals surface area contributed by atoms with Crippen LogP contribution in [0.15, 0.2) is 18.2 Å². The third-order valence-electron chi connectivity index (χ3n) is 3.06. The summed E-state index contributed by atoms with van der Waals surface area (Å²) in [5.41, 5.74) is 6.80. The summed E-state index contributed by atoms with van der Waals surface area (Å²) in [6, 6.07) is 5.74. The standard InChI is InChI=1S/C13H19Cl2NO/c1-9(17-2)11(5-6-16)7-10-3-4-12(14)13(15)8-10/h3-4,8-9,11H,5-7,16H2,1-2H3. The highest BCUT2D eigenvalue weighted by atomic mass is 35.5. The molecule has 0 aliphatic carbocycles. The maximum atomic E-state index is 6.00. The van der Waals surface area contributed by atoms with Crippen molar-refractivity contribution in [1.82, 2.24) is 0 Å². The monoisotopic (exact) mass is 275 g/mol. The molecule has 2 N–H and O–H groups in total. The molecule has 1 aromatic carbocycles. The Morgan fingerprint density at radius 2 is 2.00 bits per heavy atom. The Morgan fingerprint density at radius 1 is 1.29 bits per heavy atom. The third kappa shape index (κ3) is 4.47. The van der Waals surface area contributed by atoms with Crippen molar-refractivity contribution in [2.45, 2.75) is 25.9 Å². The van der Waals surface area contributed by atoms with Crippen LogP contribution in [0.3, 0.4) is 0 Å². The SMILES string of the molecule is COC(C)C(CCN)Cc1ccc(Cl)c(Cl)c1. The molecular formula is C13H19Cl2NO. The molecule has 2 unspecified atom stereocenters. The Labute approximate surface area is 113 Å². The van der Waals surface area contributed by atoms with Gasteiger partial charge >= 0.3 is 0 Å². The Kier molecular flexibility index (Phi) is 6.28. The van der Waals surface area contributed by atoms with Crippen molar-refractivity contribution in [2.24, 2.45) is 11.7 Å². The lowest BCUT2D eigenvalue weighted by molar-refractivity contribution is 0.0641. The average molecular weight is 276 g/mol. The van der Waals surface area contributed by atoms with Gasteiger partial charge in [0.1, 0.15) is 0 Å². The molecule has 0 saturated carbocycles. The van der Waals surface area contributed by atoms with Crippen molar-refractivity contribution in [3.63, 3.8) is 0 Å². The van der Waals surface area contributed by atoms with Crippen molar-refractivity contribution in [3.05, 3.63) is 33.8 Å². The lowest BCUT2D eigenvalue weighted by atomic mass is 9.92. The molecule has 0 amide bonds. The molecule has 2 atom stereocenters. The molecule has 96 valence electrons. The van der Waals surface area contributed by atoms with Crippen LogP contribution < -0.4 is 5.73 Å². The lowest BCUT2D eigenvalue weighted by Crippen LogP contribution is -2.24. The fraction of sp³-hybridized carbons (Fsp3) is 0.538. The van der Waals surface area contributed by atoms with Gasteiger partial charge in [-0.15, -0.1) is 0 Å². The molecular weight excluding hydrogens is 257 g/mol. The first-order chi connectivity index (χ1) is 8.08. The van der Waals surface area contributed by atoms with Crippen LogP contribution in [0.5, 0.6) is 0 Å². The van der Waals surface area contributed by atoms with Gasteiger partial charge in [0.2, 0.25) is 0 Å². The second-order valence-electron chi connectivity index (χ2n) is 4.23. The number of nitrogens with two attached hydrogens (primary N) is 1. The largest absolute Gasteiger partial charge is 0.381 e. The summed E-state index contributed by atoms with van der Waals surface area (Å²) in [7, 11) is 1.73. The Balaban J connectivity index is 2.74. The molecule has 17 heavy (non-hydrogen) atoms.